The van der Waals surface area contributed by atoms with E-state index in [9.17, 15) is 4.79 Å². The number of carbonyl (C=O) groups excluding carboxylic acids is 1. The summed E-state index contributed by atoms with van der Waals surface area (Å²) in [6.45, 7) is 0.844. The lowest BCUT2D eigenvalue weighted by Gasteiger charge is -2.05. The number of esters is 1. The Balaban J connectivity index is 2.45. The molecule has 0 atom stereocenters. The zero-order valence-electron chi connectivity index (χ0n) is 9.19. The number of methoxy groups -OCH3 is 1. The molecule has 0 bridgehead atoms. The van der Waals surface area contributed by atoms with Gasteiger partial charge in [-0.05, 0) is 14.1 Å². The summed E-state index contributed by atoms with van der Waals surface area (Å²) in [7, 11) is 5.26. The number of ether oxygens (including phenoxy) is 1. The van der Waals surface area contributed by atoms with Crippen molar-refractivity contribution in [2.45, 2.75) is 12.8 Å². The van der Waals surface area contributed by atoms with E-state index >= 15 is 0 Å². The number of aromatic nitrogens is 2. The van der Waals surface area contributed by atoms with Crippen molar-refractivity contribution < 1.29 is 14.1 Å². The molecular formula is C9H15N3O3. The fraction of sp³-hybridized carbons (Fsp3) is 0.667. The van der Waals surface area contributed by atoms with E-state index in [1.165, 1.54) is 7.11 Å². The lowest BCUT2D eigenvalue weighted by atomic mass is 10.4. The number of hydrogen-bond acceptors (Lipinski definition) is 6. The summed E-state index contributed by atoms with van der Waals surface area (Å²) in [5.41, 5.74) is 0. The fourth-order valence-electron chi connectivity index (χ4n) is 0.983. The summed E-state index contributed by atoms with van der Waals surface area (Å²) in [6.07, 6.45) is 0.739. The Kier molecular flexibility index (Phi) is 4.23. The topological polar surface area (TPSA) is 68.5 Å². The summed E-state index contributed by atoms with van der Waals surface area (Å²) in [6, 6.07) is 0. The minimum Gasteiger partial charge on any atom is -0.469 e. The van der Waals surface area contributed by atoms with Crippen molar-refractivity contribution in [1.82, 2.24) is 15.0 Å². The van der Waals surface area contributed by atoms with Gasteiger partial charge in [0.25, 0.3) is 0 Å². The second kappa shape index (κ2) is 5.45. The first kappa shape index (κ1) is 11.6. The maximum atomic E-state index is 10.9. The minimum atomic E-state index is -0.377. The highest BCUT2D eigenvalue weighted by atomic mass is 16.5. The molecule has 0 aliphatic carbocycles. The number of rotatable bonds is 5. The summed E-state index contributed by atoms with van der Waals surface area (Å²) in [5.74, 6) is 0.538. The van der Waals surface area contributed by atoms with E-state index in [-0.39, 0.29) is 12.4 Å². The van der Waals surface area contributed by atoms with Crippen molar-refractivity contribution in [3.63, 3.8) is 0 Å². The molecule has 0 spiro atoms. The third-order valence-corrected chi connectivity index (χ3v) is 1.82. The summed E-state index contributed by atoms with van der Waals surface area (Å²) in [4.78, 5) is 17.0. The molecule has 1 aromatic heterocycles. The maximum Gasteiger partial charge on any atom is 0.315 e. The van der Waals surface area contributed by atoms with Crippen molar-refractivity contribution >= 4 is 5.97 Å². The molecule has 1 aromatic rings. The minimum absolute atomic E-state index is 0.0332. The van der Waals surface area contributed by atoms with Crippen LogP contribution in [0, 0.1) is 0 Å². The normalized spacial score (nSPS) is 10.7. The van der Waals surface area contributed by atoms with E-state index in [2.05, 4.69) is 14.9 Å². The van der Waals surface area contributed by atoms with Gasteiger partial charge in [-0.25, -0.2) is 0 Å². The second-order valence-electron chi connectivity index (χ2n) is 3.41. The Bertz CT molecular complexity index is 322. The molecule has 1 rings (SSSR count). The molecule has 6 nitrogen and oxygen atoms in total. The van der Waals surface area contributed by atoms with E-state index in [4.69, 9.17) is 4.52 Å². The molecule has 0 aromatic carbocycles. The first-order chi connectivity index (χ1) is 7.11. The highest BCUT2D eigenvalue weighted by Crippen LogP contribution is 2.00. The van der Waals surface area contributed by atoms with Crippen LogP contribution >= 0.6 is 0 Å². The average Bonchev–Trinajstić information content (AvgIpc) is 2.62. The summed E-state index contributed by atoms with van der Waals surface area (Å²) >= 11 is 0. The molecule has 0 N–H and O–H groups in total. The van der Waals surface area contributed by atoms with Gasteiger partial charge in [-0.1, -0.05) is 5.16 Å². The van der Waals surface area contributed by atoms with Crippen molar-refractivity contribution in [3.05, 3.63) is 11.7 Å². The van der Waals surface area contributed by atoms with Gasteiger partial charge in [0.15, 0.2) is 5.82 Å². The van der Waals surface area contributed by atoms with Gasteiger partial charge >= 0.3 is 5.97 Å². The Morgan fingerprint density at radius 1 is 1.53 bits per heavy atom. The lowest BCUT2D eigenvalue weighted by Crippen LogP contribution is -2.15. The van der Waals surface area contributed by atoms with Gasteiger partial charge < -0.3 is 14.2 Å². The molecule has 0 aliphatic rings. The average molecular weight is 213 g/mol. The predicted molar refractivity (Wildman–Crippen MR) is 52.3 cm³/mol. The first-order valence-electron chi connectivity index (χ1n) is 4.65. The molecule has 0 radical (unpaired) electrons. The van der Waals surface area contributed by atoms with Crippen LogP contribution in [0.3, 0.4) is 0 Å². The Morgan fingerprint density at radius 2 is 2.27 bits per heavy atom. The first-order valence-corrected chi connectivity index (χ1v) is 4.65. The quantitative estimate of drug-likeness (QED) is 0.636. The molecule has 1 heterocycles. The molecule has 0 saturated heterocycles. The molecule has 0 fully saturated rings. The number of carbonyl (C=O) groups is 1. The van der Waals surface area contributed by atoms with Crippen LogP contribution in [0.15, 0.2) is 4.52 Å². The second-order valence-corrected chi connectivity index (χ2v) is 3.41. The van der Waals surface area contributed by atoms with Crippen LogP contribution in [0.4, 0.5) is 0 Å². The zero-order chi connectivity index (χ0) is 11.3. The zero-order valence-corrected chi connectivity index (χ0v) is 9.19. The predicted octanol–water partition coefficient (Wildman–Crippen LogP) is -0.111. The molecular weight excluding hydrogens is 198 g/mol. The number of nitrogens with zero attached hydrogens (tertiary/aromatic N) is 3. The lowest BCUT2D eigenvalue weighted by molar-refractivity contribution is -0.140. The van der Waals surface area contributed by atoms with Crippen molar-refractivity contribution in [3.8, 4) is 0 Å². The number of likely N-dealkylation sites (N-methyl/N-ethyl adjacent to an activating group) is 1. The van der Waals surface area contributed by atoms with E-state index in [0.29, 0.717) is 18.1 Å². The fourth-order valence-corrected chi connectivity index (χ4v) is 0.983. The molecule has 84 valence electrons. The number of hydrogen-bond donors (Lipinski definition) is 0. The monoisotopic (exact) mass is 213 g/mol. The van der Waals surface area contributed by atoms with Gasteiger partial charge in [-0.3, -0.25) is 4.79 Å². The van der Waals surface area contributed by atoms with Gasteiger partial charge in [0.2, 0.25) is 5.89 Å². The van der Waals surface area contributed by atoms with Crippen LogP contribution in [0.5, 0.6) is 0 Å². The molecule has 0 saturated carbocycles. The van der Waals surface area contributed by atoms with Crippen LogP contribution in [0.2, 0.25) is 0 Å². The van der Waals surface area contributed by atoms with Crippen molar-refractivity contribution in [2.75, 3.05) is 27.7 Å². The SMILES string of the molecule is COC(=O)Cc1nc(CCN(C)C)no1. The Labute approximate surface area is 88.2 Å². The summed E-state index contributed by atoms with van der Waals surface area (Å²) < 4.78 is 9.38. The molecule has 0 aliphatic heterocycles. The third-order valence-electron chi connectivity index (χ3n) is 1.82. The van der Waals surface area contributed by atoms with Crippen molar-refractivity contribution in [2.24, 2.45) is 0 Å². The van der Waals surface area contributed by atoms with Gasteiger partial charge in [0.1, 0.15) is 6.42 Å². The Morgan fingerprint density at radius 3 is 2.87 bits per heavy atom. The van der Waals surface area contributed by atoms with Crippen LogP contribution in [0.25, 0.3) is 0 Å². The van der Waals surface area contributed by atoms with Crippen LogP contribution < -0.4 is 0 Å². The molecule has 6 heteroatoms. The van der Waals surface area contributed by atoms with Gasteiger partial charge in [-0.15, -0.1) is 0 Å². The smallest absolute Gasteiger partial charge is 0.315 e. The molecule has 15 heavy (non-hydrogen) atoms. The van der Waals surface area contributed by atoms with Gasteiger partial charge in [0, 0.05) is 13.0 Å². The van der Waals surface area contributed by atoms with E-state index in [1.807, 2.05) is 19.0 Å². The van der Waals surface area contributed by atoms with E-state index in [0.717, 1.165) is 6.54 Å². The van der Waals surface area contributed by atoms with Gasteiger partial charge in [-0.2, -0.15) is 4.98 Å². The maximum absolute atomic E-state index is 10.9. The summed E-state index contributed by atoms with van der Waals surface area (Å²) in [5, 5.41) is 3.75. The standard InChI is InChI=1S/C9H15N3O3/c1-12(2)5-4-7-10-8(15-11-7)6-9(13)14-3/h4-6H2,1-3H3. The van der Waals surface area contributed by atoms with Crippen LogP contribution in [-0.4, -0.2) is 48.8 Å². The highest BCUT2D eigenvalue weighted by molar-refractivity contribution is 5.70. The van der Waals surface area contributed by atoms with Crippen LogP contribution in [-0.2, 0) is 22.4 Å². The van der Waals surface area contributed by atoms with E-state index in [1.54, 1.807) is 0 Å². The molecule has 0 amide bonds. The Hall–Kier alpha value is -1.43. The largest absolute Gasteiger partial charge is 0.469 e. The van der Waals surface area contributed by atoms with Gasteiger partial charge in [0.05, 0.1) is 7.11 Å². The third kappa shape index (κ3) is 4.07. The molecule has 0 unspecified atom stereocenters. The highest BCUT2D eigenvalue weighted by Gasteiger charge is 2.11. The van der Waals surface area contributed by atoms with E-state index < -0.39 is 0 Å². The van der Waals surface area contributed by atoms with Crippen LogP contribution in [0.1, 0.15) is 11.7 Å². The van der Waals surface area contributed by atoms with Crippen molar-refractivity contribution in [1.29, 1.82) is 0 Å².